The van der Waals surface area contributed by atoms with Crippen LogP contribution in [0.15, 0.2) is 18.3 Å². The minimum atomic E-state index is -0.479. The second-order valence-electron chi connectivity index (χ2n) is 3.40. The molecule has 90 valence electrons. The number of pyridine rings is 1. The fourth-order valence-corrected chi connectivity index (χ4v) is 1.64. The zero-order chi connectivity index (χ0) is 12.4. The smallest absolute Gasteiger partial charge is 0.358 e. The molecule has 0 aromatic carbocycles. The Morgan fingerprint density at radius 1 is 1.47 bits per heavy atom. The average Bonchev–Trinajstić information content (AvgIpc) is 2.75. The van der Waals surface area contributed by atoms with Crippen molar-refractivity contribution in [3.63, 3.8) is 0 Å². The van der Waals surface area contributed by atoms with Gasteiger partial charge in [-0.15, -0.1) is 0 Å². The normalized spacial score (nSPS) is 10.5. The molecule has 0 aliphatic rings. The van der Waals surface area contributed by atoms with E-state index in [2.05, 4.69) is 9.72 Å². The minimum absolute atomic E-state index is 0.228. The van der Waals surface area contributed by atoms with Crippen LogP contribution in [0.3, 0.4) is 0 Å². The van der Waals surface area contributed by atoms with Gasteiger partial charge in [0.15, 0.2) is 5.69 Å². The number of aromatic nitrogens is 2. The molecule has 0 aliphatic carbocycles. The van der Waals surface area contributed by atoms with Gasteiger partial charge in [0, 0.05) is 0 Å². The van der Waals surface area contributed by atoms with Gasteiger partial charge in [-0.05, 0) is 12.1 Å². The minimum Gasteiger partial charge on any atom is -0.495 e. The summed E-state index contributed by atoms with van der Waals surface area (Å²) in [6, 6.07) is 3.50. The maximum atomic E-state index is 11.5. The van der Waals surface area contributed by atoms with E-state index in [1.165, 1.54) is 7.11 Å². The molecule has 6 heteroatoms. The van der Waals surface area contributed by atoms with E-state index in [0.717, 1.165) is 0 Å². The first kappa shape index (κ1) is 11.4. The molecule has 2 aromatic rings. The number of rotatable bonds is 3. The number of carbonyl (C=O) groups excluding carboxylic acids is 1. The lowest BCUT2D eigenvalue weighted by atomic mass is 10.3. The molecule has 0 bridgehead atoms. The fourth-order valence-electron chi connectivity index (χ4n) is 1.64. The lowest BCUT2D eigenvalue weighted by Crippen LogP contribution is -2.03. The predicted molar refractivity (Wildman–Crippen MR) is 61.0 cm³/mol. The molecule has 2 heterocycles. The number of nitrogens with zero attached hydrogens (tertiary/aromatic N) is 2. The molecule has 2 aromatic heterocycles. The van der Waals surface area contributed by atoms with Crippen LogP contribution in [0.2, 0.25) is 0 Å². The van der Waals surface area contributed by atoms with Crippen LogP contribution in [0.1, 0.15) is 16.3 Å². The van der Waals surface area contributed by atoms with Crippen LogP contribution in [0.4, 0.5) is 0 Å². The lowest BCUT2D eigenvalue weighted by Gasteiger charge is -2.02. The number of carbonyl (C=O) groups is 1. The summed E-state index contributed by atoms with van der Waals surface area (Å²) < 4.78 is 11.5. The van der Waals surface area contributed by atoms with Gasteiger partial charge in [-0.25, -0.2) is 9.78 Å². The molecule has 17 heavy (non-hydrogen) atoms. The van der Waals surface area contributed by atoms with E-state index in [9.17, 15) is 4.79 Å². The van der Waals surface area contributed by atoms with Gasteiger partial charge in [0.1, 0.15) is 11.6 Å². The standard InChI is InChI=1S/C11H13N3O3/c1-16-7-3-4-8-10(11(15)17-2)13-9(5-12)14(8)6-7/h3-4,6H,5,12H2,1-2H3. The average molecular weight is 235 g/mol. The maximum Gasteiger partial charge on any atom is 0.358 e. The van der Waals surface area contributed by atoms with Gasteiger partial charge in [-0.2, -0.15) is 0 Å². The number of esters is 1. The molecule has 0 fully saturated rings. The number of methoxy groups -OCH3 is 2. The van der Waals surface area contributed by atoms with Crippen molar-refractivity contribution in [1.29, 1.82) is 0 Å². The summed E-state index contributed by atoms with van der Waals surface area (Å²) in [7, 11) is 2.89. The van der Waals surface area contributed by atoms with E-state index >= 15 is 0 Å². The number of fused-ring (bicyclic) bond motifs is 1. The largest absolute Gasteiger partial charge is 0.495 e. The summed E-state index contributed by atoms with van der Waals surface area (Å²) in [5.74, 6) is 0.771. The molecule has 0 saturated heterocycles. The zero-order valence-electron chi connectivity index (χ0n) is 9.64. The van der Waals surface area contributed by atoms with Gasteiger partial charge in [0.05, 0.1) is 32.5 Å². The van der Waals surface area contributed by atoms with Crippen molar-refractivity contribution in [2.75, 3.05) is 14.2 Å². The molecule has 0 radical (unpaired) electrons. The maximum absolute atomic E-state index is 11.5. The molecular weight excluding hydrogens is 222 g/mol. The Kier molecular flexibility index (Phi) is 2.97. The number of imidazole rings is 1. The third-order valence-corrected chi connectivity index (χ3v) is 2.48. The molecule has 6 nitrogen and oxygen atoms in total. The summed E-state index contributed by atoms with van der Waals surface area (Å²) >= 11 is 0. The highest BCUT2D eigenvalue weighted by Crippen LogP contribution is 2.19. The van der Waals surface area contributed by atoms with Crippen LogP contribution in [0, 0.1) is 0 Å². The van der Waals surface area contributed by atoms with Crippen LogP contribution in [0.5, 0.6) is 5.75 Å². The van der Waals surface area contributed by atoms with Crippen molar-refractivity contribution in [3.8, 4) is 5.75 Å². The van der Waals surface area contributed by atoms with Gasteiger partial charge >= 0.3 is 5.97 Å². The first-order valence-corrected chi connectivity index (χ1v) is 5.04. The van der Waals surface area contributed by atoms with E-state index in [0.29, 0.717) is 17.1 Å². The molecule has 0 saturated carbocycles. The number of ether oxygens (including phenoxy) is 2. The van der Waals surface area contributed by atoms with Crippen LogP contribution >= 0.6 is 0 Å². The first-order valence-electron chi connectivity index (χ1n) is 5.04. The van der Waals surface area contributed by atoms with Crippen molar-refractivity contribution in [2.45, 2.75) is 6.54 Å². The quantitative estimate of drug-likeness (QED) is 0.787. The first-order chi connectivity index (χ1) is 8.21. The topological polar surface area (TPSA) is 78.8 Å². The lowest BCUT2D eigenvalue weighted by molar-refractivity contribution is 0.0597. The van der Waals surface area contributed by atoms with E-state index in [1.807, 2.05) is 0 Å². The van der Waals surface area contributed by atoms with Crippen molar-refractivity contribution >= 4 is 11.5 Å². The Morgan fingerprint density at radius 2 is 2.24 bits per heavy atom. The fraction of sp³-hybridized carbons (Fsp3) is 0.273. The highest BCUT2D eigenvalue weighted by Gasteiger charge is 2.17. The van der Waals surface area contributed by atoms with Crippen LogP contribution < -0.4 is 10.5 Å². The zero-order valence-corrected chi connectivity index (χ0v) is 9.64. The van der Waals surface area contributed by atoms with Crippen LogP contribution in [-0.2, 0) is 11.3 Å². The van der Waals surface area contributed by atoms with Crippen molar-refractivity contribution in [2.24, 2.45) is 5.73 Å². The molecule has 0 unspecified atom stereocenters. The molecule has 2 N–H and O–H groups in total. The van der Waals surface area contributed by atoms with E-state index in [1.54, 1.807) is 29.8 Å². The number of nitrogens with two attached hydrogens (primary N) is 1. The van der Waals surface area contributed by atoms with Crippen LogP contribution in [0.25, 0.3) is 5.52 Å². The SMILES string of the molecule is COC(=O)c1nc(CN)n2cc(OC)ccc12. The van der Waals surface area contributed by atoms with E-state index < -0.39 is 5.97 Å². The predicted octanol–water partition coefficient (Wildman–Crippen LogP) is 0.588. The van der Waals surface area contributed by atoms with E-state index in [-0.39, 0.29) is 12.2 Å². The van der Waals surface area contributed by atoms with Crippen molar-refractivity contribution in [1.82, 2.24) is 9.38 Å². The van der Waals surface area contributed by atoms with Gasteiger partial charge in [-0.3, -0.25) is 4.40 Å². The summed E-state index contributed by atoms with van der Waals surface area (Å²) in [6.45, 7) is 0.228. The Balaban J connectivity index is 2.68. The molecule has 0 amide bonds. The summed E-state index contributed by atoms with van der Waals surface area (Å²) in [5.41, 5.74) is 6.50. The Labute approximate surface area is 98.0 Å². The van der Waals surface area contributed by atoms with Gasteiger partial charge in [-0.1, -0.05) is 0 Å². The van der Waals surface area contributed by atoms with Crippen molar-refractivity contribution < 1.29 is 14.3 Å². The van der Waals surface area contributed by atoms with Gasteiger partial charge in [0.2, 0.25) is 0 Å². The second-order valence-corrected chi connectivity index (χ2v) is 3.40. The Hall–Kier alpha value is -2.08. The molecular formula is C11H13N3O3. The summed E-state index contributed by atoms with van der Waals surface area (Å²) in [4.78, 5) is 15.7. The van der Waals surface area contributed by atoms with Gasteiger partial charge < -0.3 is 15.2 Å². The number of hydrogen-bond acceptors (Lipinski definition) is 5. The van der Waals surface area contributed by atoms with Crippen LogP contribution in [-0.4, -0.2) is 29.6 Å². The number of hydrogen-bond donors (Lipinski definition) is 1. The summed E-state index contributed by atoms with van der Waals surface area (Å²) in [5, 5.41) is 0. The van der Waals surface area contributed by atoms with Crippen molar-refractivity contribution in [3.05, 3.63) is 29.8 Å². The Morgan fingerprint density at radius 3 is 2.82 bits per heavy atom. The monoisotopic (exact) mass is 235 g/mol. The third kappa shape index (κ3) is 1.83. The highest BCUT2D eigenvalue weighted by molar-refractivity contribution is 5.95. The molecule has 0 spiro atoms. The third-order valence-electron chi connectivity index (χ3n) is 2.48. The second kappa shape index (κ2) is 4.42. The van der Waals surface area contributed by atoms with Gasteiger partial charge in [0.25, 0.3) is 0 Å². The Bertz CT molecular complexity index is 562. The molecule has 2 rings (SSSR count). The molecule has 0 aliphatic heterocycles. The summed E-state index contributed by atoms with van der Waals surface area (Å²) in [6.07, 6.45) is 1.73. The molecule has 0 atom stereocenters. The van der Waals surface area contributed by atoms with E-state index in [4.69, 9.17) is 10.5 Å². The highest BCUT2D eigenvalue weighted by atomic mass is 16.5.